The number of rotatable bonds is 0. The molecule has 0 atom stereocenters. The van der Waals surface area contributed by atoms with Gasteiger partial charge in [0, 0.05) is 40.3 Å². The molecule has 3 aromatic heterocycles. The fourth-order valence-corrected chi connectivity index (χ4v) is 2.74. The van der Waals surface area contributed by atoms with Crippen molar-refractivity contribution in [1.82, 2.24) is 15.0 Å². The molecule has 3 heterocycles. The van der Waals surface area contributed by atoms with Gasteiger partial charge in [0.25, 0.3) is 5.56 Å². The van der Waals surface area contributed by atoms with E-state index in [1.54, 1.807) is 12.4 Å². The van der Waals surface area contributed by atoms with Gasteiger partial charge in [0.1, 0.15) is 0 Å². The molecule has 4 aromatic rings. The quantitative estimate of drug-likeness (QED) is 0.503. The molecule has 4 rings (SSSR count). The summed E-state index contributed by atoms with van der Waals surface area (Å²) in [5, 5.41) is 3.79. The predicted molar refractivity (Wildman–Crippen MR) is 76.5 cm³/mol. The van der Waals surface area contributed by atoms with Crippen molar-refractivity contribution in [2.24, 2.45) is 0 Å². The van der Waals surface area contributed by atoms with Crippen molar-refractivity contribution in [2.45, 2.75) is 6.92 Å². The molecule has 4 heteroatoms. The smallest absolute Gasteiger partial charge is 0.255 e. The fraction of sp³-hybridized carbons (Fsp3) is 0.0667. The maximum absolute atomic E-state index is 12.0. The summed E-state index contributed by atoms with van der Waals surface area (Å²) in [6, 6.07) is 5.83. The molecule has 0 amide bonds. The van der Waals surface area contributed by atoms with Gasteiger partial charge in [-0.05, 0) is 36.1 Å². The predicted octanol–water partition coefficient (Wildman–Crippen LogP) is 2.87. The van der Waals surface area contributed by atoms with E-state index in [9.17, 15) is 4.79 Å². The van der Waals surface area contributed by atoms with Crippen LogP contribution in [0.3, 0.4) is 0 Å². The van der Waals surface area contributed by atoms with Crippen molar-refractivity contribution in [3.8, 4) is 0 Å². The average Bonchev–Trinajstić information content (AvgIpc) is 2.80. The molecule has 0 aliphatic rings. The molecule has 0 aliphatic heterocycles. The number of H-pyrrole nitrogens is 2. The molecule has 0 saturated heterocycles. The highest BCUT2D eigenvalue weighted by atomic mass is 16.1. The van der Waals surface area contributed by atoms with Gasteiger partial charge >= 0.3 is 0 Å². The van der Waals surface area contributed by atoms with E-state index in [2.05, 4.69) is 15.0 Å². The van der Waals surface area contributed by atoms with Crippen LogP contribution in [0.2, 0.25) is 0 Å². The Bertz CT molecular complexity index is 995. The molecule has 0 unspecified atom stereocenters. The lowest BCUT2D eigenvalue weighted by Gasteiger charge is -2.03. The Morgan fingerprint density at radius 2 is 2.00 bits per heavy atom. The second-order valence-electron chi connectivity index (χ2n) is 4.74. The second-order valence-corrected chi connectivity index (χ2v) is 4.74. The van der Waals surface area contributed by atoms with Gasteiger partial charge in [-0.1, -0.05) is 0 Å². The molecule has 0 fully saturated rings. The Kier molecular flexibility index (Phi) is 1.87. The summed E-state index contributed by atoms with van der Waals surface area (Å²) in [7, 11) is 0. The second kappa shape index (κ2) is 3.45. The average molecular weight is 249 g/mol. The number of fused-ring (bicyclic) bond motifs is 4. The summed E-state index contributed by atoms with van der Waals surface area (Å²) >= 11 is 0. The summed E-state index contributed by atoms with van der Waals surface area (Å²) in [6.45, 7) is 2.03. The van der Waals surface area contributed by atoms with Crippen LogP contribution >= 0.6 is 0 Å². The lowest BCUT2D eigenvalue weighted by atomic mass is 10.0. The summed E-state index contributed by atoms with van der Waals surface area (Å²) in [5.74, 6) is 0. The standard InChI is InChI=1S/C15H11N3O/c1-8-9-2-5-17-15(19)11(9)6-10-12-7-16-4-3-13(12)18-14(8)10/h2-7,18H,1H3,(H,17,19). The highest BCUT2D eigenvalue weighted by molar-refractivity contribution is 6.13. The Labute approximate surface area is 108 Å². The molecule has 4 nitrogen and oxygen atoms in total. The third kappa shape index (κ3) is 1.28. The van der Waals surface area contributed by atoms with Crippen molar-refractivity contribution in [1.29, 1.82) is 0 Å². The van der Waals surface area contributed by atoms with Gasteiger partial charge in [-0.3, -0.25) is 9.78 Å². The van der Waals surface area contributed by atoms with E-state index >= 15 is 0 Å². The lowest BCUT2D eigenvalue weighted by Crippen LogP contribution is -2.04. The van der Waals surface area contributed by atoms with E-state index in [-0.39, 0.29) is 5.56 Å². The van der Waals surface area contributed by atoms with Crippen molar-refractivity contribution in [3.63, 3.8) is 0 Å². The Hall–Kier alpha value is -2.62. The zero-order chi connectivity index (χ0) is 13.0. The molecule has 0 bridgehead atoms. The normalized spacial score (nSPS) is 11.6. The third-order valence-electron chi connectivity index (χ3n) is 3.71. The molecule has 0 spiro atoms. The molecule has 1 aromatic carbocycles. The van der Waals surface area contributed by atoms with Gasteiger partial charge < -0.3 is 9.97 Å². The van der Waals surface area contributed by atoms with Crippen molar-refractivity contribution in [3.05, 3.63) is 52.7 Å². The molecular formula is C15H11N3O. The first-order valence-corrected chi connectivity index (χ1v) is 6.12. The van der Waals surface area contributed by atoms with Crippen LogP contribution in [0.1, 0.15) is 5.56 Å². The number of benzene rings is 1. The van der Waals surface area contributed by atoms with E-state index in [1.165, 1.54) is 0 Å². The number of aromatic nitrogens is 3. The van der Waals surface area contributed by atoms with Gasteiger partial charge in [-0.2, -0.15) is 0 Å². The van der Waals surface area contributed by atoms with Crippen LogP contribution in [0, 0.1) is 6.92 Å². The van der Waals surface area contributed by atoms with Crippen LogP contribution in [0.5, 0.6) is 0 Å². The number of aryl methyl sites for hydroxylation is 1. The molecule has 2 N–H and O–H groups in total. The van der Waals surface area contributed by atoms with Crippen LogP contribution in [0.15, 0.2) is 41.6 Å². The zero-order valence-corrected chi connectivity index (χ0v) is 10.3. The van der Waals surface area contributed by atoms with Crippen molar-refractivity contribution in [2.75, 3.05) is 0 Å². The zero-order valence-electron chi connectivity index (χ0n) is 10.3. The van der Waals surface area contributed by atoms with Gasteiger partial charge in [0.15, 0.2) is 0 Å². The van der Waals surface area contributed by atoms with E-state index in [4.69, 9.17) is 0 Å². The SMILES string of the molecule is Cc1c2cc[nH]c(=O)c2cc2c1[nH]c1ccncc12. The topological polar surface area (TPSA) is 61.5 Å². The minimum atomic E-state index is -0.0549. The summed E-state index contributed by atoms with van der Waals surface area (Å²) in [5.41, 5.74) is 3.15. The van der Waals surface area contributed by atoms with E-state index < -0.39 is 0 Å². The monoisotopic (exact) mass is 249 g/mol. The highest BCUT2D eigenvalue weighted by Crippen LogP contribution is 2.30. The third-order valence-corrected chi connectivity index (χ3v) is 3.71. The number of nitrogens with zero attached hydrogens (tertiary/aromatic N) is 1. The number of aromatic amines is 2. The number of nitrogens with one attached hydrogen (secondary N) is 2. The van der Waals surface area contributed by atoms with Gasteiger partial charge in [-0.25, -0.2) is 0 Å². The first-order valence-electron chi connectivity index (χ1n) is 6.12. The summed E-state index contributed by atoms with van der Waals surface area (Å²) in [4.78, 5) is 22.2. The fourth-order valence-electron chi connectivity index (χ4n) is 2.74. The molecule has 0 radical (unpaired) electrons. The molecular weight excluding hydrogens is 238 g/mol. The Morgan fingerprint density at radius 1 is 1.11 bits per heavy atom. The number of hydrogen-bond acceptors (Lipinski definition) is 2. The maximum atomic E-state index is 12.0. The Morgan fingerprint density at radius 3 is 2.89 bits per heavy atom. The maximum Gasteiger partial charge on any atom is 0.255 e. The number of pyridine rings is 2. The van der Waals surface area contributed by atoms with Crippen molar-refractivity contribution >= 4 is 32.6 Å². The van der Waals surface area contributed by atoms with Crippen LogP contribution in [0.4, 0.5) is 0 Å². The van der Waals surface area contributed by atoms with Gasteiger partial charge in [-0.15, -0.1) is 0 Å². The lowest BCUT2D eigenvalue weighted by molar-refractivity contribution is 1.27. The highest BCUT2D eigenvalue weighted by Gasteiger charge is 2.11. The molecule has 19 heavy (non-hydrogen) atoms. The Balaban J connectivity index is 2.37. The molecule has 0 aliphatic carbocycles. The molecule has 0 saturated carbocycles. The van der Waals surface area contributed by atoms with E-state index in [0.29, 0.717) is 0 Å². The molecule has 92 valence electrons. The van der Waals surface area contributed by atoms with E-state index in [1.807, 2.05) is 31.3 Å². The van der Waals surface area contributed by atoms with Gasteiger partial charge in [0.05, 0.1) is 5.52 Å². The van der Waals surface area contributed by atoms with Crippen LogP contribution in [-0.4, -0.2) is 15.0 Å². The number of hydrogen-bond donors (Lipinski definition) is 2. The van der Waals surface area contributed by atoms with Gasteiger partial charge in [0.2, 0.25) is 0 Å². The van der Waals surface area contributed by atoms with Crippen LogP contribution in [-0.2, 0) is 0 Å². The first kappa shape index (κ1) is 10.3. The minimum absolute atomic E-state index is 0.0549. The summed E-state index contributed by atoms with van der Waals surface area (Å²) in [6.07, 6.45) is 5.28. The van der Waals surface area contributed by atoms with Crippen LogP contribution in [0.25, 0.3) is 32.6 Å². The minimum Gasteiger partial charge on any atom is -0.354 e. The first-order chi connectivity index (χ1) is 9.25. The summed E-state index contributed by atoms with van der Waals surface area (Å²) < 4.78 is 0. The largest absolute Gasteiger partial charge is 0.354 e. The van der Waals surface area contributed by atoms with E-state index in [0.717, 1.165) is 38.1 Å². The van der Waals surface area contributed by atoms with Crippen LogP contribution < -0.4 is 5.56 Å². The van der Waals surface area contributed by atoms with Crippen molar-refractivity contribution < 1.29 is 0 Å².